The van der Waals surface area contributed by atoms with E-state index in [2.05, 4.69) is 39.9 Å². The molecule has 5 nitrogen and oxygen atoms in total. The van der Waals surface area contributed by atoms with Gasteiger partial charge in [-0.05, 0) is 30.5 Å². The van der Waals surface area contributed by atoms with Crippen molar-refractivity contribution in [2.45, 2.75) is 19.9 Å². The van der Waals surface area contributed by atoms with Crippen LogP contribution in [0.2, 0.25) is 0 Å². The van der Waals surface area contributed by atoms with Gasteiger partial charge in [-0.2, -0.15) is 5.26 Å². The number of aromatic nitrogens is 1. The first kappa shape index (κ1) is 17.2. The van der Waals surface area contributed by atoms with Crippen LogP contribution in [-0.4, -0.2) is 17.4 Å². The van der Waals surface area contributed by atoms with E-state index in [1.165, 1.54) is 17.3 Å². The third-order valence-corrected chi connectivity index (χ3v) is 3.47. The minimum atomic E-state index is -0.399. The molecule has 0 spiro atoms. The molecule has 5 heteroatoms. The van der Waals surface area contributed by atoms with E-state index in [1.54, 1.807) is 18.5 Å². The molecule has 0 atom stereocenters. The number of pyridine rings is 1. The van der Waals surface area contributed by atoms with Crippen molar-refractivity contribution in [3.8, 4) is 6.07 Å². The van der Waals surface area contributed by atoms with Crippen LogP contribution < -0.4 is 10.6 Å². The van der Waals surface area contributed by atoms with Crippen LogP contribution in [0, 0.1) is 18.3 Å². The highest BCUT2D eigenvalue weighted by Gasteiger charge is 2.08. The molecule has 2 N–H and O–H groups in total. The topological polar surface area (TPSA) is 77.8 Å². The van der Waals surface area contributed by atoms with E-state index < -0.39 is 5.91 Å². The summed E-state index contributed by atoms with van der Waals surface area (Å²) in [6.45, 7) is 3.05. The Morgan fingerprint density at radius 1 is 1.25 bits per heavy atom. The smallest absolute Gasteiger partial charge is 0.263 e. The van der Waals surface area contributed by atoms with E-state index in [1.807, 2.05) is 19.1 Å². The number of nitrogens with one attached hydrogen (secondary N) is 2. The fourth-order valence-electron chi connectivity index (χ4n) is 2.07. The van der Waals surface area contributed by atoms with Gasteiger partial charge in [-0.1, -0.05) is 35.9 Å². The average molecular weight is 320 g/mol. The fourth-order valence-corrected chi connectivity index (χ4v) is 2.07. The zero-order chi connectivity index (χ0) is 17.2. The van der Waals surface area contributed by atoms with Crippen LogP contribution in [0.4, 0.5) is 0 Å². The number of carbonyl (C=O) groups is 1. The lowest BCUT2D eigenvalue weighted by Gasteiger charge is -2.05. The number of rotatable bonds is 7. The molecule has 1 aromatic carbocycles. The second-order valence-corrected chi connectivity index (χ2v) is 5.40. The third-order valence-electron chi connectivity index (χ3n) is 3.47. The Balaban J connectivity index is 1.79. The first-order valence-corrected chi connectivity index (χ1v) is 7.75. The Morgan fingerprint density at radius 2 is 2.04 bits per heavy atom. The summed E-state index contributed by atoms with van der Waals surface area (Å²) in [7, 11) is 0. The van der Waals surface area contributed by atoms with Gasteiger partial charge < -0.3 is 10.6 Å². The third kappa shape index (κ3) is 5.58. The lowest BCUT2D eigenvalue weighted by atomic mass is 10.1. The molecule has 0 bridgehead atoms. The number of hydrogen-bond donors (Lipinski definition) is 2. The lowest BCUT2D eigenvalue weighted by Crippen LogP contribution is -2.25. The maximum absolute atomic E-state index is 12.0. The second-order valence-electron chi connectivity index (χ2n) is 5.40. The highest BCUT2D eigenvalue weighted by molar-refractivity contribution is 5.97. The van der Waals surface area contributed by atoms with Gasteiger partial charge in [0.1, 0.15) is 11.6 Å². The van der Waals surface area contributed by atoms with Crippen molar-refractivity contribution < 1.29 is 4.79 Å². The summed E-state index contributed by atoms with van der Waals surface area (Å²) >= 11 is 0. The van der Waals surface area contributed by atoms with Crippen LogP contribution in [-0.2, 0) is 17.8 Å². The van der Waals surface area contributed by atoms with E-state index in [0.29, 0.717) is 13.1 Å². The monoisotopic (exact) mass is 320 g/mol. The number of nitriles is 1. The number of amides is 1. The molecule has 0 aliphatic rings. The van der Waals surface area contributed by atoms with Crippen LogP contribution in [0.5, 0.6) is 0 Å². The highest BCUT2D eigenvalue weighted by Crippen LogP contribution is 2.03. The van der Waals surface area contributed by atoms with Crippen molar-refractivity contribution in [2.24, 2.45) is 0 Å². The van der Waals surface area contributed by atoms with Crippen molar-refractivity contribution in [1.82, 2.24) is 15.6 Å². The summed E-state index contributed by atoms with van der Waals surface area (Å²) in [5.74, 6) is -0.399. The molecule has 0 radical (unpaired) electrons. The van der Waals surface area contributed by atoms with Crippen LogP contribution in [0.15, 0.2) is 60.6 Å². The van der Waals surface area contributed by atoms with Gasteiger partial charge in [-0.25, -0.2) is 0 Å². The van der Waals surface area contributed by atoms with Crippen LogP contribution >= 0.6 is 0 Å². The molecule has 0 saturated heterocycles. The summed E-state index contributed by atoms with van der Waals surface area (Å²) in [5, 5.41) is 14.8. The molecule has 0 saturated carbocycles. The van der Waals surface area contributed by atoms with Crippen LogP contribution in [0.3, 0.4) is 0 Å². The Kier molecular flexibility index (Phi) is 6.54. The van der Waals surface area contributed by atoms with E-state index in [4.69, 9.17) is 5.26 Å². The predicted octanol–water partition coefficient (Wildman–Crippen LogP) is 2.25. The van der Waals surface area contributed by atoms with Crippen molar-refractivity contribution in [3.63, 3.8) is 0 Å². The van der Waals surface area contributed by atoms with Gasteiger partial charge in [0.25, 0.3) is 5.91 Å². The Labute approximate surface area is 142 Å². The minimum Gasteiger partial charge on any atom is -0.389 e. The SMILES string of the molecule is Cc1ccc(CCN/C=C(/C#N)C(=O)NCc2cccnc2)cc1. The molecular weight excluding hydrogens is 300 g/mol. The van der Waals surface area contributed by atoms with Crippen molar-refractivity contribution in [2.75, 3.05) is 6.54 Å². The van der Waals surface area contributed by atoms with Gasteiger partial charge in [0.2, 0.25) is 0 Å². The molecule has 1 aromatic heterocycles. The maximum atomic E-state index is 12.0. The number of nitrogens with zero attached hydrogens (tertiary/aromatic N) is 2. The zero-order valence-corrected chi connectivity index (χ0v) is 13.6. The number of aryl methyl sites for hydroxylation is 1. The van der Waals surface area contributed by atoms with E-state index >= 15 is 0 Å². The van der Waals surface area contributed by atoms with Gasteiger partial charge in [-0.15, -0.1) is 0 Å². The average Bonchev–Trinajstić information content (AvgIpc) is 2.62. The molecule has 1 heterocycles. The molecule has 0 aliphatic carbocycles. The Morgan fingerprint density at radius 3 is 2.71 bits per heavy atom. The van der Waals surface area contributed by atoms with Gasteiger partial charge in [-0.3, -0.25) is 9.78 Å². The normalized spacial score (nSPS) is 10.8. The molecule has 2 aromatic rings. The molecule has 0 unspecified atom stereocenters. The summed E-state index contributed by atoms with van der Waals surface area (Å²) in [6.07, 6.45) is 5.64. The number of hydrogen-bond acceptors (Lipinski definition) is 4. The standard InChI is InChI=1S/C19H20N4O/c1-15-4-6-16(7-5-15)8-10-22-14-18(11-20)19(24)23-13-17-3-2-9-21-12-17/h2-7,9,12,14,22H,8,10,13H2,1H3,(H,23,24)/b18-14-. The Bertz CT molecular complexity index is 730. The summed E-state index contributed by atoms with van der Waals surface area (Å²) in [6, 6.07) is 13.9. The number of benzene rings is 1. The van der Waals surface area contributed by atoms with Crippen molar-refractivity contribution in [1.29, 1.82) is 5.26 Å². The first-order chi connectivity index (χ1) is 11.7. The minimum absolute atomic E-state index is 0.0581. The molecule has 0 fully saturated rings. The van der Waals surface area contributed by atoms with Gasteiger partial charge in [0, 0.05) is 31.7 Å². The van der Waals surface area contributed by atoms with Crippen LogP contribution in [0.1, 0.15) is 16.7 Å². The van der Waals surface area contributed by atoms with E-state index in [-0.39, 0.29) is 5.57 Å². The maximum Gasteiger partial charge on any atom is 0.263 e. The lowest BCUT2D eigenvalue weighted by molar-refractivity contribution is -0.117. The quantitative estimate of drug-likeness (QED) is 0.466. The van der Waals surface area contributed by atoms with E-state index in [0.717, 1.165) is 12.0 Å². The Hall–Kier alpha value is -3.13. The molecule has 122 valence electrons. The molecule has 0 aliphatic heterocycles. The fraction of sp³-hybridized carbons (Fsp3) is 0.211. The van der Waals surface area contributed by atoms with E-state index in [9.17, 15) is 4.79 Å². The second kappa shape index (κ2) is 9.11. The predicted molar refractivity (Wildman–Crippen MR) is 92.7 cm³/mol. The summed E-state index contributed by atoms with van der Waals surface area (Å²) < 4.78 is 0. The van der Waals surface area contributed by atoms with Gasteiger partial charge in [0.05, 0.1) is 0 Å². The van der Waals surface area contributed by atoms with Crippen molar-refractivity contribution in [3.05, 3.63) is 77.3 Å². The summed E-state index contributed by atoms with van der Waals surface area (Å²) in [4.78, 5) is 16.0. The first-order valence-electron chi connectivity index (χ1n) is 7.75. The largest absolute Gasteiger partial charge is 0.389 e. The highest BCUT2D eigenvalue weighted by atomic mass is 16.1. The van der Waals surface area contributed by atoms with Crippen LogP contribution in [0.25, 0.3) is 0 Å². The number of carbonyl (C=O) groups excluding carboxylic acids is 1. The zero-order valence-electron chi connectivity index (χ0n) is 13.6. The molecule has 1 amide bonds. The van der Waals surface area contributed by atoms with Crippen molar-refractivity contribution >= 4 is 5.91 Å². The summed E-state index contributed by atoms with van der Waals surface area (Å²) in [5.41, 5.74) is 3.38. The van der Waals surface area contributed by atoms with Gasteiger partial charge in [0.15, 0.2) is 0 Å². The molecule has 24 heavy (non-hydrogen) atoms. The molecular formula is C19H20N4O. The van der Waals surface area contributed by atoms with Gasteiger partial charge >= 0.3 is 0 Å². The molecule has 2 rings (SSSR count).